The highest BCUT2D eigenvalue weighted by Crippen LogP contribution is 2.02. The molecule has 19 heavy (non-hydrogen) atoms. The summed E-state index contributed by atoms with van der Waals surface area (Å²) in [4.78, 5) is 22.7. The lowest BCUT2D eigenvalue weighted by atomic mass is 10.1. The number of aryl methyl sites for hydroxylation is 1. The van der Waals surface area contributed by atoms with E-state index in [1.165, 1.54) is 0 Å². The minimum atomic E-state index is -0.285. The molecule has 0 saturated heterocycles. The van der Waals surface area contributed by atoms with Gasteiger partial charge >= 0.3 is 0 Å². The number of carbonyl (C=O) groups excluding carboxylic acids is 2. The normalized spacial score (nSPS) is 9.47. The molecule has 2 amide bonds. The Bertz CT molecular complexity index is 474. The molecule has 0 aliphatic rings. The molecular weight excluding hydrogens is 242 g/mol. The van der Waals surface area contributed by atoms with Gasteiger partial charge in [-0.25, -0.2) is 0 Å². The molecule has 0 aromatic heterocycles. The van der Waals surface area contributed by atoms with E-state index in [0.717, 1.165) is 5.56 Å². The Balaban J connectivity index is 2.19. The van der Waals surface area contributed by atoms with E-state index in [-0.39, 0.29) is 18.2 Å². The zero-order valence-electron chi connectivity index (χ0n) is 10.9. The Morgan fingerprint density at radius 3 is 2.42 bits per heavy atom. The van der Waals surface area contributed by atoms with Gasteiger partial charge in [-0.2, -0.15) is 5.26 Å². The molecule has 0 aliphatic heterocycles. The number of hydrogen-bond acceptors (Lipinski definition) is 3. The fourth-order valence-corrected chi connectivity index (χ4v) is 1.46. The van der Waals surface area contributed by atoms with E-state index in [1.54, 1.807) is 18.2 Å². The second kappa shape index (κ2) is 7.88. The van der Waals surface area contributed by atoms with Crippen LogP contribution in [-0.2, 0) is 4.79 Å². The highest BCUT2D eigenvalue weighted by molar-refractivity contribution is 5.94. The summed E-state index contributed by atoms with van der Waals surface area (Å²) in [7, 11) is 0. The number of nitrogens with zero attached hydrogens (tertiary/aromatic N) is 1. The Labute approximate surface area is 112 Å². The minimum Gasteiger partial charge on any atom is -0.355 e. The second-order valence-electron chi connectivity index (χ2n) is 4.16. The molecule has 0 bridgehead atoms. The van der Waals surface area contributed by atoms with Gasteiger partial charge in [0.05, 0.1) is 6.07 Å². The molecule has 1 aromatic rings. The van der Waals surface area contributed by atoms with Gasteiger partial charge in [0.2, 0.25) is 5.91 Å². The lowest BCUT2D eigenvalue weighted by molar-refractivity contribution is -0.120. The van der Waals surface area contributed by atoms with E-state index in [0.29, 0.717) is 25.1 Å². The van der Waals surface area contributed by atoms with Crippen LogP contribution in [0.5, 0.6) is 0 Å². The van der Waals surface area contributed by atoms with Crippen molar-refractivity contribution in [2.75, 3.05) is 13.1 Å². The average Bonchev–Trinajstić information content (AvgIpc) is 2.39. The summed E-state index contributed by atoms with van der Waals surface area (Å²) in [5, 5.41) is 13.7. The van der Waals surface area contributed by atoms with Crippen LogP contribution in [0.3, 0.4) is 0 Å². The summed E-state index contributed by atoms with van der Waals surface area (Å²) in [6.45, 7) is 2.90. The summed E-state index contributed by atoms with van der Waals surface area (Å²) < 4.78 is 0. The standard InChI is InChI=1S/C14H17N3O2/c1-11-3-5-12(6-4-11)14(19)17-10-2-9-16-13(18)7-8-15/h3-6H,2,7,9-10H2,1H3,(H,16,18)(H,17,19). The number of hydrogen-bond donors (Lipinski definition) is 2. The van der Waals surface area contributed by atoms with Crippen LogP contribution in [-0.4, -0.2) is 24.9 Å². The number of benzene rings is 1. The molecule has 0 heterocycles. The van der Waals surface area contributed by atoms with Crippen molar-refractivity contribution in [1.82, 2.24) is 10.6 Å². The van der Waals surface area contributed by atoms with Crippen LogP contribution in [0, 0.1) is 18.3 Å². The molecule has 0 spiro atoms. The Kier molecular flexibility index (Phi) is 6.10. The van der Waals surface area contributed by atoms with E-state index in [9.17, 15) is 9.59 Å². The second-order valence-corrected chi connectivity index (χ2v) is 4.16. The monoisotopic (exact) mass is 259 g/mol. The van der Waals surface area contributed by atoms with Crippen molar-refractivity contribution in [2.45, 2.75) is 19.8 Å². The first kappa shape index (κ1) is 14.7. The first-order chi connectivity index (χ1) is 9.13. The first-order valence-electron chi connectivity index (χ1n) is 6.12. The van der Waals surface area contributed by atoms with Crippen molar-refractivity contribution in [3.05, 3.63) is 35.4 Å². The van der Waals surface area contributed by atoms with E-state index in [1.807, 2.05) is 19.1 Å². The zero-order chi connectivity index (χ0) is 14.1. The summed E-state index contributed by atoms with van der Waals surface area (Å²) in [5.41, 5.74) is 1.73. The molecule has 0 radical (unpaired) electrons. The Hall–Kier alpha value is -2.35. The highest BCUT2D eigenvalue weighted by Gasteiger charge is 2.04. The largest absolute Gasteiger partial charge is 0.355 e. The van der Waals surface area contributed by atoms with Crippen LogP contribution in [0.1, 0.15) is 28.8 Å². The lowest BCUT2D eigenvalue weighted by Crippen LogP contribution is -2.29. The van der Waals surface area contributed by atoms with Crippen molar-refractivity contribution in [2.24, 2.45) is 0 Å². The van der Waals surface area contributed by atoms with E-state index in [2.05, 4.69) is 10.6 Å². The molecular formula is C14H17N3O2. The topological polar surface area (TPSA) is 82.0 Å². The van der Waals surface area contributed by atoms with Crippen molar-refractivity contribution in [1.29, 1.82) is 5.26 Å². The molecule has 0 fully saturated rings. The van der Waals surface area contributed by atoms with E-state index >= 15 is 0 Å². The fourth-order valence-electron chi connectivity index (χ4n) is 1.46. The van der Waals surface area contributed by atoms with Crippen LogP contribution in [0.2, 0.25) is 0 Å². The molecule has 5 heteroatoms. The van der Waals surface area contributed by atoms with E-state index in [4.69, 9.17) is 5.26 Å². The van der Waals surface area contributed by atoms with Gasteiger partial charge in [0.25, 0.3) is 5.91 Å². The van der Waals surface area contributed by atoms with Gasteiger partial charge < -0.3 is 10.6 Å². The maximum Gasteiger partial charge on any atom is 0.251 e. The molecule has 2 N–H and O–H groups in total. The molecule has 1 aromatic carbocycles. The summed E-state index contributed by atoms with van der Waals surface area (Å²) in [6, 6.07) is 9.10. The predicted molar refractivity (Wildman–Crippen MR) is 71.4 cm³/mol. The minimum absolute atomic E-state index is 0.122. The molecule has 0 atom stereocenters. The fraction of sp³-hybridized carbons (Fsp3) is 0.357. The third kappa shape index (κ3) is 5.68. The molecule has 100 valence electrons. The molecule has 0 saturated carbocycles. The first-order valence-corrected chi connectivity index (χ1v) is 6.12. The Morgan fingerprint density at radius 1 is 1.16 bits per heavy atom. The van der Waals surface area contributed by atoms with Crippen LogP contribution in [0.4, 0.5) is 0 Å². The molecule has 5 nitrogen and oxygen atoms in total. The van der Waals surface area contributed by atoms with Crippen LogP contribution >= 0.6 is 0 Å². The van der Waals surface area contributed by atoms with Gasteiger partial charge in [-0.3, -0.25) is 9.59 Å². The average molecular weight is 259 g/mol. The van der Waals surface area contributed by atoms with Crippen molar-refractivity contribution >= 4 is 11.8 Å². The third-order valence-corrected chi connectivity index (χ3v) is 2.51. The molecule has 0 aliphatic carbocycles. The van der Waals surface area contributed by atoms with Crippen molar-refractivity contribution in [3.8, 4) is 6.07 Å². The molecule has 0 unspecified atom stereocenters. The van der Waals surface area contributed by atoms with E-state index < -0.39 is 0 Å². The van der Waals surface area contributed by atoms with Gasteiger partial charge in [-0.15, -0.1) is 0 Å². The molecule has 1 rings (SSSR count). The third-order valence-electron chi connectivity index (χ3n) is 2.51. The number of rotatable bonds is 6. The SMILES string of the molecule is Cc1ccc(C(=O)NCCCNC(=O)CC#N)cc1. The number of amides is 2. The summed E-state index contributed by atoms with van der Waals surface area (Å²) in [6.07, 6.45) is 0.504. The van der Waals surface area contributed by atoms with Crippen molar-refractivity contribution < 1.29 is 9.59 Å². The quantitative estimate of drug-likeness (QED) is 0.752. The maximum absolute atomic E-state index is 11.7. The van der Waals surface area contributed by atoms with Crippen LogP contribution in [0.15, 0.2) is 24.3 Å². The van der Waals surface area contributed by atoms with Gasteiger partial charge in [0, 0.05) is 18.7 Å². The van der Waals surface area contributed by atoms with Gasteiger partial charge in [0.1, 0.15) is 6.42 Å². The number of nitriles is 1. The summed E-state index contributed by atoms with van der Waals surface area (Å²) >= 11 is 0. The highest BCUT2D eigenvalue weighted by atomic mass is 16.2. The summed E-state index contributed by atoms with van der Waals surface area (Å²) in [5.74, 6) is -0.407. The lowest BCUT2D eigenvalue weighted by Gasteiger charge is -2.06. The van der Waals surface area contributed by atoms with Gasteiger partial charge in [-0.05, 0) is 25.5 Å². The van der Waals surface area contributed by atoms with Crippen molar-refractivity contribution in [3.63, 3.8) is 0 Å². The van der Waals surface area contributed by atoms with Crippen LogP contribution in [0.25, 0.3) is 0 Å². The van der Waals surface area contributed by atoms with Crippen LogP contribution < -0.4 is 10.6 Å². The Morgan fingerprint density at radius 2 is 1.79 bits per heavy atom. The zero-order valence-corrected chi connectivity index (χ0v) is 10.9. The predicted octanol–water partition coefficient (Wildman–Crippen LogP) is 1.14. The van der Waals surface area contributed by atoms with Gasteiger partial charge in [0.15, 0.2) is 0 Å². The van der Waals surface area contributed by atoms with Gasteiger partial charge in [-0.1, -0.05) is 17.7 Å². The number of carbonyl (C=O) groups is 2. The smallest absolute Gasteiger partial charge is 0.251 e. The maximum atomic E-state index is 11.7. The number of nitrogens with one attached hydrogen (secondary N) is 2.